The van der Waals surface area contributed by atoms with E-state index in [2.05, 4.69) is 41.5 Å². The minimum absolute atomic E-state index is 0.347. The molecule has 3 heteroatoms. The van der Waals surface area contributed by atoms with Gasteiger partial charge in [0.2, 0.25) is 5.88 Å². The van der Waals surface area contributed by atoms with E-state index in [-0.39, 0.29) is 0 Å². The maximum Gasteiger partial charge on any atom is 0.214 e. The highest BCUT2D eigenvalue weighted by Gasteiger charge is 2.16. The highest BCUT2D eigenvalue weighted by atomic mass is 16.5. The number of hydrogen-bond donors (Lipinski definition) is 1. The molecule has 0 unspecified atom stereocenters. The van der Waals surface area contributed by atoms with Gasteiger partial charge in [-0.3, -0.25) is 0 Å². The summed E-state index contributed by atoms with van der Waals surface area (Å²) in [5.74, 6) is 0.786. The van der Waals surface area contributed by atoms with E-state index in [1.165, 1.54) is 30.2 Å². The van der Waals surface area contributed by atoms with Gasteiger partial charge in [0.1, 0.15) is 6.10 Å². The number of benzene rings is 1. The van der Waals surface area contributed by atoms with Crippen LogP contribution in [-0.2, 0) is 6.54 Å². The Morgan fingerprint density at radius 3 is 2.81 bits per heavy atom. The van der Waals surface area contributed by atoms with Crippen LogP contribution in [0.5, 0.6) is 5.88 Å². The van der Waals surface area contributed by atoms with Gasteiger partial charge in [0, 0.05) is 18.0 Å². The zero-order valence-corrected chi connectivity index (χ0v) is 12.8. The maximum absolute atomic E-state index is 6.15. The number of rotatable bonds is 5. The van der Waals surface area contributed by atoms with Crippen molar-refractivity contribution in [2.75, 3.05) is 6.54 Å². The smallest absolute Gasteiger partial charge is 0.214 e. The summed E-state index contributed by atoms with van der Waals surface area (Å²) in [7, 11) is 0. The zero-order chi connectivity index (χ0) is 14.5. The van der Waals surface area contributed by atoms with Crippen molar-refractivity contribution < 1.29 is 4.74 Å². The average Bonchev–Trinajstić information content (AvgIpc) is 2.53. The van der Waals surface area contributed by atoms with E-state index in [9.17, 15) is 0 Å². The standard InChI is InChI=1S/C18H24N2O/c1-2-19-13-14-12-18(21-15-8-4-3-5-9-15)20-17-11-7-6-10-16(14)17/h6-7,10-12,15,19H,2-5,8-9,13H2,1H3. The van der Waals surface area contributed by atoms with Crippen LogP contribution in [0.3, 0.4) is 0 Å². The van der Waals surface area contributed by atoms with Crippen molar-refractivity contribution in [3.05, 3.63) is 35.9 Å². The van der Waals surface area contributed by atoms with Crippen LogP contribution in [-0.4, -0.2) is 17.6 Å². The van der Waals surface area contributed by atoms with Gasteiger partial charge in [-0.25, -0.2) is 4.98 Å². The minimum atomic E-state index is 0.347. The molecule has 1 N–H and O–H groups in total. The quantitative estimate of drug-likeness (QED) is 0.899. The lowest BCUT2D eigenvalue weighted by Gasteiger charge is -2.23. The zero-order valence-electron chi connectivity index (χ0n) is 12.8. The molecule has 1 heterocycles. The van der Waals surface area contributed by atoms with E-state index in [1.54, 1.807) is 0 Å². The van der Waals surface area contributed by atoms with Crippen LogP contribution < -0.4 is 10.1 Å². The predicted molar refractivity (Wildman–Crippen MR) is 86.6 cm³/mol. The second-order valence-electron chi connectivity index (χ2n) is 5.79. The van der Waals surface area contributed by atoms with E-state index in [4.69, 9.17) is 4.74 Å². The van der Waals surface area contributed by atoms with E-state index in [0.717, 1.165) is 37.3 Å². The highest BCUT2D eigenvalue weighted by Crippen LogP contribution is 2.26. The fourth-order valence-electron chi connectivity index (χ4n) is 3.04. The van der Waals surface area contributed by atoms with Gasteiger partial charge in [-0.15, -0.1) is 0 Å². The van der Waals surface area contributed by atoms with Crippen molar-refractivity contribution in [1.82, 2.24) is 10.3 Å². The van der Waals surface area contributed by atoms with Gasteiger partial charge in [-0.2, -0.15) is 0 Å². The Morgan fingerprint density at radius 1 is 1.19 bits per heavy atom. The molecule has 2 aromatic rings. The van der Waals surface area contributed by atoms with E-state index in [1.807, 2.05) is 6.07 Å². The molecule has 0 radical (unpaired) electrons. The fraction of sp³-hybridized carbons (Fsp3) is 0.500. The minimum Gasteiger partial charge on any atom is -0.474 e. The number of nitrogens with zero attached hydrogens (tertiary/aromatic N) is 1. The summed E-state index contributed by atoms with van der Waals surface area (Å²) in [4.78, 5) is 4.69. The van der Waals surface area contributed by atoms with Gasteiger partial charge in [0.25, 0.3) is 0 Å². The van der Waals surface area contributed by atoms with Crippen molar-refractivity contribution >= 4 is 10.9 Å². The second kappa shape index (κ2) is 6.90. The van der Waals surface area contributed by atoms with Crippen molar-refractivity contribution in [2.45, 2.75) is 51.7 Å². The third kappa shape index (κ3) is 3.53. The first-order valence-electron chi connectivity index (χ1n) is 8.13. The molecule has 1 fully saturated rings. The van der Waals surface area contributed by atoms with Gasteiger partial charge in [0.15, 0.2) is 0 Å². The van der Waals surface area contributed by atoms with E-state index >= 15 is 0 Å². The molecule has 1 aliphatic carbocycles. The topological polar surface area (TPSA) is 34.1 Å². The molecule has 1 aliphatic rings. The number of aromatic nitrogens is 1. The molecule has 0 atom stereocenters. The van der Waals surface area contributed by atoms with Crippen LogP contribution in [0.25, 0.3) is 10.9 Å². The molecule has 1 saturated carbocycles. The van der Waals surface area contributed by atoms with Crippen LogP contribution in [0, 0.1) is 0 Å². The number of ether oxygens (including phenoxy) is 1. The lowest BCUT2D eigenvalue weighted by Crippen LogP contribution is -2.20. The third-order valence-electron chi connectivity index (χ3n) is 4.18. The maximum atomic E-state index is 6.15. The summed E-state index contributed by atoms with van der Waals surface area (Å²) >= 11 is 0. The van der Waals surface area contributed by atoms with E-state index in [0.29, 0.717) is 6.10 Å². The molecule has 1 aromatic heterocycles. The van der Waals surface area contributed by atoms with Crippen molar-refractivity contribution in [3.63, 3.8) is 0 Å². The molecular formula is C18H24N2O. The highest BCUT2D eigenvalue weighted by molar-refractivity contribution is 5.82. The second-order valence-corrected chi connectivity index (χ2v) is 5.79. The Kier molecular flexibility index (Phi) is 4.71. The van der Waals surface area contributed by atoms with Crippen LogP contribution >= 0.6 is 0 Å². The van der Waals surface area contributed by atoms with Gasteiger partial charge >= 0.3 is 0 Å². The molecule has 0 saturated heterocycles. The summed E-state index contributed by atoms with van der Waals surface area (Å²) in [6.45, 7) is 3.96. The van der Waals surface area contributed by atoms with Crippen LogP contribution in [0.2, 0.25) is 0 Å². The lowest BCUT2D eigenvalue weighted by atomic mass is 9.98. The molecule has 1 aromatic carbocycles. The summed E-state index contributed by atoms with van der Waals surface area (Å²) in [6, 6.07) is 10.4. The molecule has 3 rings (SSSR count). The molecule has 0 spiro atoms. The Bertz CT molecular complexity index is 591. The van der Waals surface area contributed by atoms with Gasteiger partial charge in [-0.1, -0.05) is 31.5 Å². The SMILES string of the molecule is CCNCc1cc(OC2CCCCC2)nc2ccccc12. The average molecular weight is 284 g/mol. The Hall–Kier alpha value is -1.61. The first kappa shape index (κ1) is 14.3. The predicted octanol–water partition coefficient (Wildman–Crippen LogP) is 4.06. The first-order valence-corrected chi connectivity index (χ1v) is 8.13. The molecular weight excluding hydrogens is 260 g/mol. The molecule has 0 bridgehead atoms. The normalized spacial score (nSPS) is 16.2. The first-order chi connectivity index (χ1) is 10.4. The molecule has 21 heavy (non-hydrogen) atoms. The van der Waals surface area contributed by atoms with Crippen LogP contribution in [0.1, 0.15) is 44.6 Å². The molecule has 3 nitrogen and oxygen atoms in total. The van der Waals surface area contributed by atoms with Gasteiger partial charge in [0.05, 0.1) is 5.52 Å². The molecule has 0 amide bonds. The van der Waals surface area contributed by atoms with Crippen molar-refractivity contribution in [3.8, 4) is 5.88 Å². The summed E-state index contributed by atoms with van der Waals surface area (Å²) in [6.07, 6.45) is 6.58. The number of para-hydroxylation sites is 1. The number of hydrogen-bond acceptors (Lipinski definition) is 3. The molecule has 0 aliphatic heterocycles. The number of pyridine rings is 1. The summed E-state index contributed by atoms with van der Waals surface area (Å²) < 4.78 is 6.15. The summed E-state index contributed by atoms with van der Waals surface area (Å²) in [5.41, 5.74) is 2.30. The Labute approximate surface area is 126 Å². The van der Waals surface area contributed by atoms with Crippen molar-refractivity contribution in [1.29, 1.82) is 0 Å². The summed E-state index contributed by atoms with van der Waals surface area (Å²) in [5, 5.41) is 4.62. The lowest BCUT2D eigenvalue weighted by molar-refractivity contribution is 0.149. The largest absolute Gasteiger partial charge is 0.474 e. The number of nitrogens with one attached hydrogen (secondary N) is 1. The monoisotopic (exact) mass is 284 g/mol. The van der Waals surface area contributed by atoms with Crippen LogP contribution in [0.4, 0.5) is 0 Å². The van der Waals surface area contributed by atoms with Gasteiger partial charge < -0.3 is 10.1 Å². The van der Waals surface area contributed by atoms with Crippen molar-refractivity contribution in [2.24, 2.45) is 0 Å². The number of fused-ring (bicyclic) bond motifs is 1. The van der Waals surface area contributed by atoms with Crippen LogP contribution in [0.15, 0.2) is 30.3 Å². The van der Waals surface area contributed by atoms with Gasteiger partial charge in [-0.05, 0) is 43.9 Å². The fourth-order valence-corrected chi connectivity index (χ4v) is 3.04. The van der Waals surface area contributed by atoms with E-state index < -0.39 is 0 Å². The Morgan fingerprint density at radius 2 is 2.00 bits per heavy atom. The molecule has 112 valence electrons. The third-order valence-corrected chi connectivity index (χ3v) is 4.18. The Balaban J connectivity index is 1.87.